The lowest BCUT2D eigenvalue weighted by molar-refractivity contribution is -0.138. The average Bonchev–Trinajstić information content (AvgIpc) is 3.31. The van der Waals surface area contributed by atoms with E-state index < -0.39 is 14.6 Å². The molecule has 1 heterocycles. The van der Waals surface area contributed by atoms with Gasteiger partial charge < -0.3 is 10.2 Å². The van der Waals surface area contributed by atoms with Crippen LogP contribution in [0.1, 0.15) is 70.6 Å². The number of rotatable bonds is 5. The zero-order valence-corrected chi connectivity index (χ0v) is 20.1. The van der Waals surface area contributed by atoms with Gasteiger partial charge in [0.25, 0.3) is 0 Å². The smallest absolute Gasteiger partial charge is 0.244 e. The Morgan fingerprint density at radius 2 is 1.59 bits per heavy atom. The van der Waals surface area contributed by atoms with Gasteiger partial charge in [0, 0.05) is 24.2 Å². The third-order valence-corrected chi connectivity index (χ3v) is 10.2. The number of hydrogen-bond donors (Lipinski definition) is 1. The van der Waals surface area contributed by atoms with Gasteiger partial charge in [-0.1, -0.05) is 43.7 Å². The monoisotopic (exact) mass is 480 g/mol. The summed E-state index contributed by atoms with van der Waals surface area (Å²) in [5, 5.41) is 3.64. The van der Waals surface area contributed by atoms with Crippen LogP contribution in [0.5, 0.6) is 0 Å². The first-order valence-corrected chi connectivity index (χ1v) is 13.8. The standard InChI is InChI=1S/C24H33ClN2O4S/c25-19-10-12-21(13-11-19)32(30,31)24(14-4-5-15-24)23(29)27-16-6-7-18(17-27)22(28)26-20-8-2-1-3-9-20/h10-13,18,20H,1-9,14-17H2,(H,26,28)/t18-/m0/s1. The van der Waals surface area contributed by atoms with E-state index in [0.717, 1.165) is 32.1 Å². The number of sulfone groups is 1. The third kappa shape index (κ3) is 4.56. The first kappa shape index (κ1) is 23.6. The molecule has 176 valence electrons. The molecule has 1 aromatic rings. The van der Waals surface area contributed by atoms with Crippen molar-refractivity contribution >= 4 is 33.3 Å². The Bertz CT molecular complexity index is 935. The summed E-state index contributed by atoms with van der Waals surface area (Å²) in [6, 6.07) is 6.31. The maximum atomic E-state index is 13.8. The molecular formula is C24H33ClN2O4S. The number of carbonyl (C=O) groups excluding carboxylic acids is 2. The van der Waals surface area contributed by atoms with Crippen LogP contribution in [0, 0.1) is 5.92 Å². The fourth-order valence-corrected chi connectivity index (χ4v) is 7.87. The van der Waals surface area contributed by atoms with Gasteiger partial charge in [-0.25, -0.2) is 8.42 Å². The molecule has 2 saturated carbocycles. The fourth-order valence-electron chi connectivity index (χ4n) is 5.61. The molecule has 0 bridgehead atoms. The highest BCUT2D eigenvalue weighted by molar-refractivity contribution is 7.93. The number of halogens is 1. The van der Waals surface area contributed by atoms with Gasteiger partial charge in [0.1, 0.15) is 0 Å². The van der Waals surface area contributed by atoms with E-state index in [2.05, 4.69) is 5.32 Å². The van der Waals surface area contributed by atoms with Crippen LogP contribution in [0.25, 0.3) is 0 Å². The van der Waals surface area contributed by atoms with Gasteiger partial charge in [-0.3, -0.25) is 9.59 Å². The van der Waals surface area contributed by atoms with Crippen molar-refractivity contribution in [2.24, 2.45) is 5.92 Å². The van der Waals surface area contributed by atoms with Crippen LogP contribution in [-0.2, 0) is 19.4 Å². The van der Waals surface area contributed by atoms with E-state index in [9.17, 15) is 18.0 Å². The summed E-state index contributed by atoms with van der Waals surface area (Å²) < 4.78 is 25.9. The molecule has 3 aliphatic rings. The second-order valence-electron chi connectivity index (χ2n) is 9.59. The van der Waals surface area contributed by atoms with Gasteiger partial charge in [0.15, 0.2) is 14.6 Å². The van der Waals surface area contributed by atoms with E-state index in [1.807, 2.05) is 0 Å². The van der Waals surface area contributed by atoms with E-state index >= 15 is 0 Å². The van der Waals surface area contributed by atoms with Crippen molar-refractivity contribution in [2.75, 3.05) is 13.1 Å². The molecule has 1 aliphatic heterocycles. The zero-order valence-electron chi connectivity index (χ0n) is 18.5. The van der Waals surface area contributed by atoms with Crippen molar-refractivity contribution < 1.29 is 18.0 Å². The molecule has 1 atom stereocenters. The van der Waals surface area contributed by atoms with E-state index in [4.69, 9.17) is 11.6 Å². The van der Waals surface area contributed by atoms with Crippen LogP contribution in [-0.4, -0.2) is 49.0 Å². The molecule has 8 heteroatoms. The Labute approximate surface area is 196 Å². The minimum Gasteiger partial charge on any atom is -0.353 e. The molecule has 1 saturated heterocycles. The molecule has 4 rings (SSSR count). The minimum absolute atomic E-state index is 0.00966. The highest BCUT2D eigenvalue weighted by Gasteiger charge is 2.55. The predicted molar refractivity (Wildman–Crippen MR) is 124 cm³/mol. The maximum absolute atomic E-state index is 13.8. The molecule has 32 heavy (non-hydrogen) atoms. The SMILES string of the molecule is O=C(NC1CCCCC1)[C@H]1CCCN(C(=O)C2(S(=O)(=O)c3ccc(Cl)cc3)CCCC2)C1. The normalized spacial score (nSPS) is 24.3. The molecule has 6 nitrogen and oxygen atoms in total. The Balaban J connectivity index is 1.51. The number of carbonyl (C=O) groups is 2. The van der Waals surface area contributed by atoms with Crippen molar-refractivity contribution in [3.63, 3.8) is 0 Å². The van der Waals surface area contributed by atoms with Crippen LogP contribution < -0.4 is 5.32 Å². The molecule has 0 radical (unpaired) electrons. The third-order valence-electron chi connectivity index (χ3n) is 7.47. The zero-order chi connectivity index (χ0) is 22.8. The molecule has 0 spiro atoms. The van der Waals surface area contributed by atoms with Crippen LogP contribution >= 0.6 is 11.6 Å². The number of hydrogen-bond acceptors (Lipinski definition) is 4. The molecule has 0 unspecified atom stereocenters. The number of likely N-dealkylation sites (tertiary alicyclic amines) is 1. The van der Waals surface area contributed by atoms with E-state index in [0.29, 0.717) is 50.2 Å². The molecule has 3 fully saturated rings. The summed E-state index contributed by atoms with van der Waals surface area (Å²) in [6.45, 7) is 0.805. The first-order valence-electron chi connectivity index (χ1n) is 11.9. The van der Waals surface area contributed by atoms with Crippen LogP contribution in [0.4, 0.5) is 0 Å². The number of piperidine rings is 1. The number of nitrogens with zero attached hydrogens (tertiary/aromatic N) is 1. The molecule has 2 amide bonds. The Morgan fingerprint density at radius 1 is 0.938 bits per heavy atom. The van der Waals surface area contributed by atoms with Crippen molar-refractivity contribution in [2.45, 2.75) is 86.3 Å². The topological polar surface area (TPSA) is 83.6 Å². The summed E-state index contributed by atoms with van der Waals surface area (Å²) in [5.74, 6) is -0.595. The van der Waals surface area contributed by atoms with Crippen molar-refractivity contribution in [1.29, 1.82) is 0 Å². The van der Waals surface area contributed by atoms with E-state index in [-0.39, 0.29) is 28.7 Å². The summed E-state index contributed by atoms with van der Waals surface area (Å²) in [4.78, 5) is 28.4. The molecule has 2 aliphatic carbocycles. The molecular weight excluding hydrogens is 448 g/mol. The fraction of sp³-hybridized carbons (Fsp3) is 0.667. The quantitative estimate of drug-likeness (QED) is 0.687. The Kier molecular flexibility index (Phi) is 7.15. The Morgan fingerprint density at radius 3 is 2.25 bits per heavy atom. The molecule has 1 aromatic carbocycles. The van der Waals surface area contributed by atoms with E-state index in [1.165, 1.54) is 18.6 Å². The lowest BCUT2D eigenvalue weighted by Crippen LogP contribution is -2.56. The van der Waals surface area contributed by atoms with Crippen molar-refractivity contribution in [1.82, 2.24) is 10.2 Å². The second kappa shape index (κ2) is 9.72. The second-order valence-corrected chi connectivity index (χ2v) is 12.3. The average molecular weight is 481 g/mol. The molecule has 1 N–H and O–H groups in total. The lowest BCUT2D eigenvalue weighted by Gasteiger charge is -2.38. The first-order chi connectivity index (χ1) is 15.3. The largest absolute Gasteiger partial charge is 0.353 e. The van der Waals surface area contributed by atoms with Gasteiger partial charge in [-0.05, 0) is 62.8 Å². The number of benzene rings is 1. The van der Waals surface area contributed by atoms with Crippen LogP contribution in [0.3, 0.4) is 0 Å². The summed E-state index contributed by atoms with van der Waals surface area (Å²) in [5.41, 5.74) is 0. The summed E-state index contributed by atoms with van der Waals surface area (Å²) >= 11 is 5.95. The van der Waals surface area contributed by atoms with Gasteiger partial charge >= 0.3 is 0 Å². The highest BCUT2D eigenvalue weighted by atomic mass is 35.5. The highest BCUT2D eigenvalue weighted by Crippen LogP contribution is 2.42. The Hall–Kier alpha value is -1.60. The van der Waals surface area contributed by atoms with Gasteiger partial charge in [-0.15, -0.1) is 0 Å². The van der Waals surface area contributed by atoms with Gasteiger partial charge in [0.05, 0.1) is 10.8 Å². The predicted octanol–water partition coefficient (Wildman–Crippen LogP) is 4.11. The van der Waals surface area contributed by atoms with Crippen molar-refractivity contribution in [3.8, 4) is 0 Å². The summed E-state index contributed by atoms with van der Waals surface area (Å²) in [6.07, 6.45) is 9.06. The van der Waals surface area contributed by atoms with Crippen LogP contribution in [0.15, 0.2) is 29.2 Å². The van der Waals surface area contributed by atoms with E-state index in [1.54, 1.807) is 17.0 Å². The van der Waals surface area contributed by atoms with Gasteiger partial charge in [-0.2, -0.15) is 0 Å². The van der Waals surface area contributed by atoms with Crippen LogP contribution in [0.2, 0.25) is 5.02 Å². The van der Waals surface area contributed by atoms with Gasteiger partial charge in [0.2, 0.25) is 11.8 Å². The molecule has 0 aromatic heterocycles. The van der Waals surface area contributed by atoms with Crippen molar-refractivity contribution in [3.05, 3.63) is 29.3 Å². The number of nitrogens with one attached hydrogen (secondary N) is 1. The summed E-state index contributed by atoms with van der Waals surface area (Å²) in [7, 11) is -3.88. The maximum Gasteiger partial charge on any atom is 0.244 e. The lowest BCUT2D eigenvalue weighted by atomic mass is 9.92. The number of amides is 2. The minimum atomic E-state index is -3.88.